The highest BCUT2D eigenvalue weighted by Crippen LogP contribution is 2.37. The number of nitrogens with two attached hydrogens (primary N) is 1. The zero-order valence-corrected chi connectivity index (χ0v) is 15.5. The first kappa shape index (κ1) is 18.1. The summed E-state index contributed by atoms with van der Waals surface area (Å²) < 4.78 is 7.12. The Morgan fingerprint density at radius 2 is 1.93 bits per heavy atom. The summed E-state index contributed by atoms with van der Waals surface area (Å²) in [5.41, 5.74) is 7.67. The normalized spacial score (nSPS) is 15.6. The topological polar surface area (TPSA) is 99.2 Å². The first-order chi connectivity index (χ1) is 13.5. The summed E-state index contributed by atoms with van der Waals surface area (Å²) in [5, 5.41) is 3.56. The van der Waals surface area contributed by atoms with Gasteiger partial charge in [-0.3, -0.25) is 14.2 Å². The van der Waals surface area contributed by atoms with Crippen LogP contribution in [-0.2, 0) is 9.59 Å². The fraction of sp³-hybridized carbons (Fsp3) is 0.150. The molecule has 0 spiro atoms. The minimum atomic E-state index is -0.537. The van der Waals surface area contributed by atoms with Gasteiger partial charge in [0.25, 0.3) is 5.91 Å². The molecule has 3 aromatic rings. The number of benzene rings is 2. The highest BCUT2D eigenvalue weighted by atomic mass is 35.5. The van der Waals surface area contributed by atoms with E-state index in [4.69, 9.17) is 22.1 Å². The van der Waals surface area contributed by atoms with Crippen LogP contribution in [0, 0.1) is 0 Å². The van der Waals surface area contributed by atoms with Crippen molar-refractivity contribution in [3.63, 3.8) is 0 Å². The molecule has 0 saturated heterocycles. The van der Waals surface area contributed by atoms with Gasteiger partial charge in [-0.1, -0.05) is 23.7 Å². The van der Waals surface area contributed by atoms with E-state index in [9.17, 15) is 9.59 Å². The van der Waals surface area contributed by atoms with Crippen molar-refractivity contribution in [1.82, 2.24) is 9.55 Å². The average Bonchev–Trinajstić information content (AvgIpc) is 3.10. The third-order valence-electron chi connectivity index (χ3n) is 4.54. The number of amides is 2. The summed E-state index contributed by atoms with van der Waals surface area (Å²) in [5.74, 6) is 0.391. The summed E-state index contributed by atoms with van der Waals surface area (Å²) in [6.45, 7) is -0.180. The van der Waals surface area contributed by atoms with E-state index in [1.54, 1.807) is 30.6 Å². The lowest BCUT2D eigenvalue weighted by molar-refractivity contribution is -0.120. The van der Waals surface area contributed by atoms with Gasteiger partial charge in [-0.25, -0.2) is 4.98 Å². The second-order valence-electron chi connectivity index (χ2n) is 6.45. The minimum Gasteiger partial charge on any atom is -0.484 e. The molecule has 0 fully saturated rings. The first-order valence-corrected chi connectivity index (χ1v) is 9.03. The third-order valence-corrected chi connectivity index (χ3v) is 4.79. The number of anilines is 1. The molecule has 0 aliphatic carbocycles. The number of hydrogen-bond donors (Lipinski definition) is 2. The molecule has 8 heteroatoms. The molecule has 2 heterocycles. The predicted octanol–water partition coefficient (Wildman–Crippen LogP) is 2.86. The van der Waals surface area contributed by atoms with Crippen LogP contribution in [0.15, 0.2) is 54.9 Å². The number of hydrogen-bond acceptors (Lipinski definition) is 4. The van der Waals surface area contributed by atoms with Crippen molar-refractivity contribution in [1.29, 1.82) is 0 Å². The Hall–Kier alpha value is -3.32. The van der Waals surface area contributed by atoms with Gasteiger partial charge in [-0.15, -0.1) is 0 Å². The summed E-state index contributed by atoms with van der Waals surface area (Å²) in [6.07, 6.45) is 1.99. The molecule has 0 bridgehead atoms. The molecule has 2 aromatic carbocycles. The largest absolute Gasteiger partial charge is 0.484 e. The van der Waals surface area contributed by atoms with Crippen molar-refractivity contribution in [2.24, 2.45) is 5.73 Å². The summed E-state index contributed by atoms with van der Waals surface area (Å²) >= 11 is 5.96. The minimum absolute atomic E-state index is 0.0812. The van der Waals surface area contributed by atoms with E-state index in [2.05, 4.69) is 10.3 Å². The van der Waals surface area contributed by atoms with Gasteiger partial charge in [0.15, 0.2) is 6.61 Å². The van der Waals surface area contributed by atoms with E-state index in [0.717, 1.165) is 16.9 Å². The Bertz CT molecular complexity index is 1030. The number of fused-ring (bicyclic) bond motifs is 1. The molecule has 3 N–H and O–H groups in total. The lowest BCUT2D eigenvalue weighted by Gasteiger charge is -2.23. The number of nitrogens with zero attached hydrogens (tertiary/aromatic N) is 2. The Morgan fingerprint density at radius 3 is 2.61 bits per heavy atom. The summed E-state index contributed by atoms with van der Waals surface area (Å²) in [6, 6.07) is 14.5. The number of halogens is 1. The molecular weight excluding hydrogens is 380 g/mol. The molecule has 1 unspecified atom stereocenters. The van der Waals surface area contributed by atoms with Gasteiger partial charge in [0.1, 0.15) is 17.9 Å². The van der Waals surface area contributed by atoms with Gasteiger partial charge in [-0.05, 0) is 42.0 Å². The maximum Gasteiger partial charge on any atom is 0.255 e. The number of aromatic nitrogens is 2. The van der Waals surface area contributed by atoms with Crippen molar-refractivity contribution >= 4 is 29.2 Å². The summed E-state index contributed by atoms with van der Waals surface area (Å²) in [7, 11) is 0. The van der Waals surface area contributed by atoms with Crippen molar-refractivity contribution < 1.29 is 14.3 Å². The number of imidazole rings is 1. The van der Waals surface area contributed by atoms with E-state index in [0.29, 0.717) is 23.0 Å². The Kier molecular flexibility index (Phi) is 4.75. The highest BCUT2D eigenvalue weighted by Gasteiger charge is 2.31. The van der Waals surface area contributed by atoms with Crippen molar-refractivity contribution in [3.05, 3.63) is 71.1 Å². The van der Waals surface area contributed by atoms with Crippen LogP contribution in [0.3, 0.4) is 0 Å². The fourth-order valence-corrected chi connectivity index (χ4v) is 3.36. The van der Waals surface area contributed by atoms with E-state index < -0.39 is 5.91 Å². The van der Waals surface area contributed by atoms with Crippen molar-refractivity contribution in [2.75, 3.05) is 11.9 Å². The number of nitrogens with one attached hydrogen (secondary N) is 1. The van der Waals surface area contributed by atoms with Crippen LogP contribution in [0.5, 0.6) is 5.75 Å². The highest BCUT2D eigenvalue weighted by molar-refractivity contribution is 6.30. The monoisotopic (exact) mass is 396 g/mol. The average molecular weight is 397 g/mol. The van der Waals surface area contributed by atoms with Gasteiger partial charge in [0, 0.05) is 23.0 Å². The second-order valence-corrected chi connectivity index (χ2v) is 6.89. The Labute approximate surface area is 166 Å². The molecule has 28 heavy (non-hydrogen) atoms. The van der Waals surface area contributed by atoms with Crippen molar-refractivity contribution in [3.8, 4) is 11.4 Å². The maximum absolute atomic E-state index is 12.3. The van der Waals surface area contributed by atoms with Gasteiger partial charge in [0.05, 0.1) is 5.69 Å². The standard InChI is InChI=1S/C20H17ClN4O3/c21-13-3-5-14(6-4-13)25-11-23-19-16(9-18(27)24-20(19)25)12-1-7-15(8-2-12)28-10-17(22)26/h1-8,11,16H,9-10H2,(H2,22,26)(H,24,27). The zero-order valence-electron chi connectivity index (χ0n) is 14.8. The van der Waals surface area contributed by atoms with Gasteiger partial charge < -0.3 is 15.8 Å². The summed E-state index contributed by atoms with van der Waals surface area (Å²) in [4.78, 5) is 27.7. The van der Waals surface area contributed by atoms with E-state index in [1.165, 1.54) is 0 Å². The van der Waals surface area contributed by atoms with Crippen LogP contribution >= 0.6 is 11.6 Å². The zero-order chi connectivity index (χ0) is 19.7. The number of primary amides is 1. The lowest BCUT2D eigenvalue weighted by Crippen LogP contribution is -2.25. The van der Waals surface area contributed by atoms with E-state index in [1.807, 2.05) is 28.8 Å². The van der Waals surface area contributed by atoms with Gasteiger partial charge in [0.2, 0.25) is 5.91 Å². The molecule has 2 amide bonds. The van der Waals surface area contributed by atoms with Crippen LogP contribution < -0.4 is 15.8 Å². The maximum atomic E-state index is 12.3. The molecular formula is C20H17ClN4O3. The molecule has 0 saturated carbocycles. The molecule has 1 aliphatic heterocycles. The number of carbonyl (C=O) groups excluding carboxylic acids is 2. The first-order valence-electron chi connectivity index (χ1n) is 8.65. The van der Waals surface area contributed by atoms with Crippen LogP contribution in [0.1, 0.15) is 23.6 Å². The molecule has 1 aliphatic rings. The fourth-order valence-electron chi connectivity index (χ4n) is 3.23. The quantitative estimate of drug-likeness (QED) is 0.692. The molecule has 7 nitrogen and oxygen atoms in total. The predicted molar refractivity (Wildman–Crippen MR) is 105 cm³/mol. The molecule has 4 rings (SSSR count). The van der Waals surface area contributed by atoms with Crippen LogP contribution in [0.4, 0.5) is 5.82 Å². The Balaban J connectivity index is 1.65. The Morgan fingerprint density at radius 1 is 1.21 bits per heavy atom. The van der Waals surface area contributed by atoms with Crippen LogP contribution in [0.2, 0.25) is 5.02 Å². The van der Waals surface area contributed by atoms with Crippen molar-refractivity contribution in [2.45, 2.75) is 12.3 Å². The number of rotatable bonds is 5. The number of carbonyl (C=O) groups is 2. The molecule has 0 radical (unpaired) electrons. The van der Waals surface area contributed by atoms with Crippen LogP contribution in [-0.4, -0.2) is 28.0 Å². The second kappa shape index (κ2) is 7.36. The van der Waals surface area contributed by atoms with E-state index >= 15 is 0 Å². The number of ether oxygens (including phenoxy) is 1. The SMILES string of the molecule is NC(=O)COc1ccc(C2CC(=O)Nc3c2ncn3-c2ccc(Cl)cc2)cc1. The van der Waals surface area contributed by atoms with Gasteiger partial charge in [-0.2, -0.15) is 0 Å². The lowest BCUT2D eigenvalue weighted by atomic mass is 9.90. The van der Waals surface area contributed by atoms with Gasteiger partial charge >= 0.3 is 0 Å². The molecule has 1 atom stereocenters. The third kappa shape index (κ3) is 3.57. The van der Waals surface area contributed by atoms with Crippen LogP contribution in [0.25, 0.3) is 5.69 Å². The smallest absolute Gasteiger partial charge is 0.255 e. The molecule has 1 aromatic heterocycles. The van der Waals surface area contributed by atoms with E-state index in [-0.39, 0.29) is 18.4 Å². The molecule has 142 valence electrons.